The summed E-state index contributed by atoms with van der Waals surface area (Å²) in [5.41, 5.74) is 1.05. The van der Waals surface area contributed by atoms with Crippen molar-refractivity contribution >= 4 is 17.7 Å². The minimum absolute atomic E-state index is 0.105. The first-order valence-corrected chi connectivity index (χ1v) is 10.3. The summed E-state index contributed by atoms with van der Waals surface area (Å²) in [6, 6.07) is 20.8. The summed E-state index contributed by atoms with van der Waals surface area (Å²) in [6.45, 7) is 7.46. The number of thioether (sulfide) groups is 1. The first-order chi connectivity index (χ1) is 12.6. The summed E-state index contributed by atoms with van der Waals surface area (Å²) < 4.78 is 0. The van der Waals surface area contributed by atoms with Gasteiger partial charge >= 0.3 is 0 Å². The number of amides is 1. The molecule has 1 amide bonds. The average molecular weight is 369 g/mol. The SMILES string of the molecule is CC(C)N1CC[C@H](CNC(=O)[C@@H](Sc2ccccc2)c2ccccc2)C1. The second-order valence-electron chi connectivity index (χ2n) is 7.21. The maximum absolute atomic E-state index is 13.0. The van der Waals surface area contributed by atoms with Crippen LogP contribution in [0.3, 0.4) is 0 Å². The zero-order valence-electron chi connectivity index (χ0n) is 15.6. The van der Waals surface area contributed by atoms with Gasteiger partial charge in [0.2, 0.25) is 5.91 Å². The Hall–Kier alpha value is -1.78. The monoisotopic (exact) mass is 368 g/mol. The predicted octanol–water partition coefficient (Wildman–Crippen LogP) is 4.37. The van der Waals surface area contributed by atoms with Gasteiger partial charge in [0, 0.05) is 24.0 Å². The molecule has 138 valence electrons. The molecular formula is C22H28N2OS. The Bertz CT molecular complexity index is 690. The zero-order chi connectivity index (χ0) is 18.4. The molecule has 2 aromatic rings. The molecule has 4 heteroatoms. The van der Waals surface area contributed by atoms with Crippen molar-refractivity contribution in [3.05, 3.63) is 66.2 Å². The minimum atomic E-state index is -0.221. The number of carbonyl (C=O) groups is 1. The van der Waals surface area contributed by atoms with Crippen LogP contribution >= 0.6 is 11.8 Å². The van der Waals surface area contributed by atoms with Crippen molar-refractivity contribution in [3.63, 3.8) is 0 Å². The lowest BCUT2D eigenvalue weighted by Crippen LogP contribution is -2.34. The lowest BCUT2D eigenvalue weighted by Gasteiger charge is -2.21. The fourth-order valence-corrected chi connectivity index (χ4v) is 4.44. The summed E-state index contributed by atoms with van der Waals surface area (Å²) in [5, 5.41) is 3.00. The van der Waals surface area contributed by atoms with Gasteiger partial charge in [0.25, 0.3) is 0 Å². The van der Waals surface area contributed by atoms with Crippen LogP contribution in [0.1, 0.15) is 31.1 Å². The van der Waals surface area contributed by atoms with Gasteiger partial charge in [-0.25, -0.2) is 0 Å². The Balaban J connectivity index is 1.64. The highest BCUT2D eigenvalue weighted by Gasteiger charge is 2.26. The smallest absolute Gasteiger partial charge is 0.238 e. The molecule has 26 heavy (non-hydrogen) atoms. The molecule has 0 bridgehead atoms. The van der Waals surface area contributed by atoms with E-state index in [4.69, 9.17) is 0 Å². The van der Waals surface area contributed by atoms with Crippen molar-refractivity contribution in [2.75, 3.05) is 19.6 Å². The molecule has 0 spiro atoms. The number of nitrogens with zero attached hydrogens (tertiary/aromatic N) is 1. The highest BCUT2D eigenvalue weighted by molar-refractivity contribution is 8.00. The van der Waals surface area contributed by atoms with E-state index in [-0.39, 0.29) is 11.2 Å². The molecule has 0 radical (unpaired) electrons. The highest BCUT2D eigenvalue weighted by atomic mass is 32.2. The molecule has 1 aliphatic heterocycles. The van der Waals surface area contributed by atoms with Crippen LogP contribution in [-0.2, 0) is 4.79 Å². The standard InChI is InChI=1S/C22H28N2OS/c1-17(2)24-14-13-18(16-24)15-23-22(25)21(19-9-5-3-6-10-19)26-20-11-7-4-8-12-20/h3-12,17-18,21H,13-16H2,1-2H3,(H,23,25)/t18-,21+/m1/s1. The van der Waals surface area contributed by atoms with Crippen LogP contribution in [0.25, 0.3) is 0 Å². The van der Waals surface area contributed by atoms with Gasteiger partial charge < -0.3 is 10.2 Å². The summed E-state index contributed by atoms with van der Waals surface area (Å²) >= 11 is 1.62. The molecule has 3 rings (SSSR count). The van der Waals surface area contributed by atoms with Crippen molar-refractivity contribution in [1.29, 1.82) is 0 Å². The zero-order valence-corrected chi connectivity index (χ0v) is 16.4. The molecular weight excluding hydrogens is 340 g/mol. The molecule has 1 heterocycles. The maximum Gasteiger partial charge on any atom is 0.238 e. The summed E-state index contributed by atoms with van der Waals surface area (Å²) in [6.07, 6.45) is 1.17. The molecule has 2 atom stereocenters. The van der Waals surface area contributed by atoms with Gasteiger partial charge in [-0.3, -0.25) is 4.79 Å². The summed E-state index contributed by atoms with van der Waals surface area (Å²) in [5.74, 6) is 0.660. The van der Waals surface area contributed by atoms with Crippen LogP contribution in [-0.4, -0.2) is 36.5 Å². The molecule has 0 aromatic heterocycles. The van der Waals surface area contributed by atoms with Crippen LogP contribution in [0, 0.1) is 5.92 Å². The van der Waals surface area contributed by atoms with E-state index >= 15 is 0 Å². The normalized spacial score (nSPS) is 18.8. The Morgan fingerprint density at radius 3 is 2.38 bits per heavy atom. The van der Waals surface area contributed by atoms with Gasteiger partial charge in [-0.1, -0.05) is 48.5 Å². The number of rotatable bonds is 7. The first kappa shape index (κ1) is 19.0. The molecule has 2 aromatic carbocycles. The van der Waals surface area contributed by atoms with E-state index < -0.39 is 0 Å². The fourth-order valence-electron chi connectivity index (χ4n) is 3.37. The first-order valence-electron chi connectivity index (χ1n) is 9.42. The van der Waals surface area contributed by atoms with Gasteiger partial charge in [0.05, 0.1) is 0 Å². The Labute approximate surface area is 161 Å². The van der Waals surface area contributed by atoms with E-state index in [9.17, 15) is 4.79 Å². The predicted molar refractivity (Wildman–Crippen MR) is 109 cm³/mol. The van der Waals surface area contributed by atoms with Crippen LogP contribution in [0.2, 0.25) is 0 Å². The van der Waals surface area contributed by atoms with E-state index in [2.05, 4.69) is 36.2 Å². The molecule has 3 nitrogen and oxygen atoms in total. The Morgan fingerprint density at radius 2 is 1.77 bits per heavy atom. The third-order valence-electron chi connectivity index (χ3n) is 4.95. The Kier molecular flexibility index (Phi) is 6.75. The lowest BCUT2D eigenvalue weighted by molar-refractivity contribution is -0.120. The highest BCUT2D eigenvalue weighted by Crippen LogP contribution is 2.35. The van der Waals surface area contributed by atoms with Crippen LogP contribution in [0.5, 0.6) is 0 Å². The quantitative estimate of drug-likeness (QED) is 0.737. The van der Waals surface area contributed by atoms with Gasteiger partial charge in [-0.15, -0.1) is 11.8 Å². The van der Waals surface area contributed by atoms with Gasteiger partial charge in [0.15, 0.2) is 0 Å². The molecule has 1 saturated heterocycles. The van der Waals surface area contributed by atoms with Gasteiger partial charge in [-0.05, 0) is 50.4 Å². The second-order valence-corrected chi connectivity index (χ2v) is 8.39. The fraction of sp³-hybridized carbons (Fsp3) is 0.409. The van der Waals surface area contributed by atoms with Crippen molar-refractivity contribution < 1.29 is 4.79 Å². The van der Waals surface area contributed by atoms with Crippen molar-refractivity contribution in [1.82, 2.24) is 10.2 Å². The van der Waals surface area contributed by atoms with Crippen molar-refractivity contribution in [2.45, 2.75) is 36.5 Å². The van der Waals surface area contributed by atoms with Crippen molar-refractivity contribution in [3.8, 4) is 0 Å². The molecule has 0 aliphatic carbocycles. The minimum Gasteiger partial charge on any atom is -0.355 e. The lowest BCUT2D eigenvalue weighted by atomic mass is 10.1. The van der Waals surface area contributed by atoms with Crippen LogP contribution < -0.4 is 5.32 Å². The topological polar surface area (TPSA) is 32.3 Å². The number of hydrogen-bond donors (Lipinski definition) is 1. The van der Waals surface area contributed by atoms with Gasteiger partial charge in [-0.2, -0.15) is 0 Å². The van der Waals surface area contributed by atoms with E-state index in [0.29, 0.717) is 12.0 Å². The Morgan fingerprint density at radius 1 is 1.12 bits per heavy atom. The maximum atomic E-state index is 13.0. The number of nitrogens with one attached hydrogen (secondary N) is 1. The van der Waals surface area contributed by atoms with Crippen LogP contribution in [0.15, 0.2) is 65.6 Å². The van der Waals surface area contributed by atoms with E-state index in [0.717, 1.165) is 30.1 Å². The average Bonchev–Trinajstić information content (AvgIpc) is 3.15. The molecule has 1 N–H and O–H groups in total. The summed E-state index contributed by atoms with van der Waals surface area (Å²) in [7, 11) is 0. The number of benzene rings is 2. The molecule has 1 fully saturated rings. The van der Waals surface area contributed by atoms with E-state index in [1.807, 2.05) is 48.5 Å². The van der Waals surface area contributed by atoms with Gasteiger partial charge in [0.1, 0.15) is 5.25 Å². The largest absolute Gasteiger partial charge is 0.355 e. The number of carbonyl (C=O) groups excluding carboxylic acids is 1. The molecule has 1 aliphatic rings. The number of hydrogen-bond acceptors (Lipinski definition) is 3. The van der Waals surface area contributed by atoms with Crippen molar-refractivity contribution in [2.24, 2.45) is 5.92 Å². The second kappa shape index (κ2) is 9.24. The summed E-state index contributed by atoms with van der Waals surface area (Å²) in [4.78, 5) is 16.6. The third kappa shape index (κ3) is 5.12. The third-order valence-corrected chi connectivity index (χ3v) is 6.22. The molecule has 0 unspecified atom stereocenters. The molecule has 0 saturated carbocycles. The van der Waals surface area contributed by atoms with E-state index in [1.165, 1.54) is 6.42 Å². The van der Waals surface area contributed by atoms with E-state index in [1.54, 1.807) is 11.8 Å². The number of likely N-dealkylation sites (tertiary alicyclic amines) is 1. The van der Waals surface area contributed by atoms with Crippen LogP contribution in [0.4, 0.5) is 0 Å².